The third kappa shape index (κ3) is 2.53. The van der Waals surface area contributed by atoms with Gasteiger partial charge in [0.15, 0.2) is 0 Å². The van der Waals surface area contributed by atoms with Crippen LogP contribution in [-0.4, -0.2) is 17.1 Å². The van der Waals surface area contributed by atoms with Gasteiger partial charge in [0.05, 0.1) is 18.3 Å². The van der Waals surface area contributed by atoms with Gasteiger partial charge in [-0.2, -0.15) is 0 Å². The van der Waals surface area contributed by atoms with Gasteiger partial charge in [-0.3, -0.25) is 0 Å². The fourth-order valence-corrected chi connectivity index (χ4v) is 2.71. The largest absolute Gasteiger partial charge is 0.481 e. The third-order valence-corrected chi connectivity index (χ3v) is 3.77. The lowest BCUT2D eigenvalue weighted by molar-refractivity contribution is 0.398. The van der Waals surface area contributed by atoms with Gasteiger partial charge in [0.1, 0.15) is 0 Å². The minimum atomic E-state index is 0.595. The number of hydrogen-bond donors (Lipinski definition) is 0. The summed E-state index contributed by atoms with van der Waals surface area (Å²) in [4.78, 5) is 8.61. The molecule has 0 spiro atoms. The van der Waals surface area contributed by atoms with Crippen LogP contribution in [0.25, 0.3) is 22.4 Å². The molecular formula is C15H11ClN2OS. The van der Waals surface area contributed by atoms with E-state index in [2.05, 4.69) is 9.97 Å². The van der Waals surface area contributed by atoms with Crippen molar-refractivity contribution in [2.75, 3.05) is 7.11 Å². The lowest BCUT2D eigenvalue weighted by Crippen LogP contribution is -1.89. The maximum atomic E-state index is 6.11. The van der Waals surface area contributed by atoms with Crippen LogP contribution in [0.15, 0.2) is 47.4 Å². The van der Waals surface area contributed by atoms with Gasteiger partial charge in [0.25, 0.3) is 0 Å². The molecule has 0 aliphatic carbocycles. The van der Waals surface area contributed by atoms with Gasteiger partial charge in [0, 0.05) is 33.8 Å². The second-order valence-corrected chi connectivity index (χ2v) is 5.31. The molecule has 0 saturated carbocycles. The molecule has 3 aromatic rings. The summed E-state index contributed by atoms with van der Waals surface area (Å²) < 4.78 is 5.08. The SMILES string of the molecule is COc1ccc(-c2ccc(Cl)cc2-c2cscn2)cn1. The zero-order chi connectivity index (χ0) is 13.9. The van der Waals surface area contributed by atoms with E-state index in [-0.39, 0.29) is 0 Å². The molecule has 0 unspecified atom stereocenters. The molecule has 0 radical (unpaired) electrons. The molecule has 0 fully saturated rings. The van der Waals surface area contributed by atoms with Gasteiger partial charge in [-0.15, -0.1) is 11.3 Å². The van der Waals surface area contributed by atoms with Crippen LogP contribution >= 0.6 is 22.9 Å². The first kappa shape index (κ1) is 13.1. The Labute approximate surface area is 125 Å². The summed E-state index contributed by atoms with van der Waals surface area (Å²) in [5.41, 5.74) is 5.79. The minimum absolute atomic E-state index is 0.595. The minimum Gasteiger partial charge on any atom is -0.481 e. The number of pyridine rings is 1. The van der Waals surface area contributed by atoms with E-state index >= 15 is 0 Å². The molecule has 5 heteroatoms. The van der Waals surface area contributed by atoms with Gasteiger partial charge >= 0.3 is 0 Å². The fraction of sp³-hybridized carbons (Fsp3) is 0.0667. The molecule has 20 heavy (non-hydrogen) atoms. The van der Waals surface area contributed by atoms with Crippen LogP contribution in [0.4, 0.5) is 0 Å². The van der Waals surface area contributed by atoms with Crippen molar-refractivity contribution in [3.05, 3.63) is 52.4 Å². The highest BCUT2D eigenvalue weighted by Crippen LogP contribution is 2.34. The summed E-state index contributed by atoms with van der Waals surface area (Å²) in [6.45, 7) is 0. The van der Waals surface area contributed by atoms with E-state index in [9.17, 15) is 0 Å². The Balaban J connectivity index is 2.13. The average Bonchev–Trinajstić information content (AvgIpc) is 3.01. The average molecular weight is 303 g/mol. The van der Waals surface area contributed by atoms with Gasteiger partial charge in [-0.1, -0.05) is 17.7 Å². The summed E-state index contributed by atoms with van der Waals surface area (Å²) in [6, 6.07) is 9.60. The number of nitrogens with zero attached hydrogens (tertiary/aromatic N) is 2. The first-order valence-corrected chi connectivity index (χ1v) is 7.28. The fourth-order valence-electron chi connectivity index (χ4n) is 1.99. The number of benzene rings is 1. The quantitative estimate of drug-likeness (QED) is 0.713. The summed E-state index contributed by atoms with van der Waals surface area (Å²) in [5.74, 6) is 0.595. The molecule has 1 aromatic carbocycles. The van der Waals surface area contributed by atoms with E-state index < -0.39 is 0 Å². The van der Waals surface area contributed by atoms with Gasteiger partial charge in [-0.25, -0.2) is 9.97 Å². The number of ether oxygens (including phenoxy) is 1. The monoisotopic (exact) mass is 302 g/mol. The van der Waals surface area contributed by atoms with Crippen molar-refractivity contribution in [2.24, 2.45) is 0 Å². The van der Waals surface area contributed by atoms with Crippen molar-refractivity contribution in [2.45, 2.75) is 0 Å². The number of rotatable bonds is 3. The third-order valence-electron chi connectivity index (χ3n) is 2.95. The molecule has 100 valence electrons. The summed E-state index contributed by atoms with van der Waals surface area (Å²) >= 11 is 7.67. The molecule has 2 aromatic heterocycles. The maximum Gasteiger partial charge on any atom is 0.212 e. The van der Waals surface area contributed by atoms with Crippen LogP contribution in [0.1, 0.15) is 0 Å². The number of thiazole rings is 1. The lowest BCUT2D eigenvalue weighted by Gasteiger charge is -2.09. The van der Waals surface area contributed by atoms with Crippen molar-refractivity contribution in [1.29, 1.82) is 0 Å². The standard InChI is InChI=1S/C15H11ClN2OS/c1-19-15-5-2-10(7-17-15)12-4-3-11(16)6-13(12)14-8-20-9-18-14/h2-9H,1H3. The number of hydrogen-bond acceptors (Lipinski definition) is 4. The maximum absolute atomic E-state index is 6.11. The van der Waals surface area contributed by atoms with E-state index in [1.54, 1.807) is 24.6 Å². The predicted octanol–water partition coefficient (Wildman–Crippen LogP) is 4.53. The zero-order valence-corrected chi connectivity index (χ0v) is 12.3. The first-order chi connectivity index (χ1) is 9.78. The van der Waals surface area contributed by atoms with E-state index in [1.165, 1.54) is 0 Å². The Bertz CT molecular complexity index is 711. The normalized spacial score (nSPS) is 10.5. The molecule has 0 amide bonds. The molecular weight excluding hydrogens is 292 g/mol. The highest BCUT2D eigenvalue weighted by molar-refractivity contribution is 7.07. The lowest BCUT2D eigenvalue weighted by atomic mass is 9.99. The Kier molecular flexibility index (Phi) is 3.67. The van der Waals surface area contributed by atoms with Crippen LogP contribution in [0.3, 0.4) is 0 Å². The molecule has 0 saturated heterocycles. The van der Waals surface area contributed by atoms with Crippen molar-refractivity contribution in [3.63, 3.8) is 0 Å². The number of methoxy groups -OCH3 is 1. The van der Waals surface area contributed by atoms with E-state index in [0.717, 1.165) is 22.4 Å². The van der Waals surface area contributed by atoms with Crippen molar-refractivity contribution < 1.29 is 4.74 Å². The molecule has 0 N–H and O–H groups in total. The topological polar surface area (TPSA) is 35.0 Å². The second-order valence-electron chi connectivity index (χ2n) is 4.15. The van der Waals surface area contributed by atoms with Crippen LogP contribution in [0, 0.1) is 0 Å². The highest BCUT2D eigenvalue weighted by Gasteiger charge is 2.10. The van der Waals surface area contributed by atoms with Crippen LogP contribution in [-0.2, 0) is 0 Å². The van der Waals surface area contributed by atoms with Crippen LogP contribution in [0.5, 0.6) is 5.88 Å². The van der Waals surface area contributed by atoms with Crippen LogP contribution < -0.4 is 4.74 Å². The van der Waals surface area contributed by atoms with Gasteiger partial charge in [0.2, 0.25) is 5.88 Å². The highest BCUT2D eigenvalue weighted by atomic mass is 35.5. The van der Waals surface area contributed by atoms with Gasteiger partial charge in [-0.05, 0) is 23.8 Å². The zero-order valence-electron chi connectivity index (χ0n) is 10.7. The molecule has 2 heterocycles. The van der Waals surface area contributed by atoms with E-state index in [0.29, 0.717) is 10.9 Å². The molecule has 0 aliphatic heterocycles. The summed E-state index contributed by atoms with van der Waals surface area (Å²) in [7, 11) is 1.60. The Morgan fingerprint density at radius 3 is 2.65 bits per heavy atom. The van der Waals surface area contributed by atoms with E-state index in [1.807, 2.05) is 41.2 Å². The Morgan fingerprint density at radius 1 is 1.10 bits per heavy atom. The molecule has 0 atom stereocenters. The summed E-state index contributed by atoms with van der Waals surface area (Å²) in [6.07, 6.45) is 1.79. The second kappa shape index (κ2) is 5.61. The number of halogens is 1. The summed E-state index contributed by atoms with van der Waals surface area (Å²) in [5, 5.41) is 2.70. The van der Waals surface area contributed by atoms with Crippen molar-refractivity contribution in [1.82, 2.24) is 9.97 Å². The molecule has 3 nitrogen and oxygen atoms in total. The Morgan fingerprint density at radius 2 is 2.00 bits per heavy atom. The van der Waals surface area contributed by atoms with E-state index in [4.69, 9.17) is 16.3 Å². The smallest absolute Gasteiger partial charge is 0.212 e. The van der Waals surface area contributed by atoms with Crippen molar-refractivity contribution in [3.8, 4) is 28.3 Å². The van der Waals surface area contributed by atoms with Crippen LogP contribution in [0.2, 0.25) is 5.02 Å². The van der Waals surface area contributed by atoms with Gasteiger partial charge < -0.3 is 4.74 Å². The Hall–Kier alpha value is -1.91. The molecule has 0 bridgehead atoms. The number of aromatic nitrogens is 2. The van der Waals surface area contributed by atoms with Crippen molar-refractivity contribution >= 4 is 22.9 Å². The predicted molar refractivity (Wildman–Crippen MR) is 82.3 cm³/mol. The molecule has 3 rings (SSSR count). The molecule has 0 aliphatic rings. The first-order valence-electron chi connectivity index (χ1n) is 5.96.